The van der Waals surface area contributed by atoms with E-state index in [1.807, 2.05) is 11.8 Å². The average molecular weight is 409 g/mol. The summed E-state index contributed by atoms with van der Waals surface area (Å²) in [7, 11) is 1.61. The highest BCUT2D eigenvalue weighted by molar-refractivity contribution is 7.99. The number of anilines is 1. The normalized spacial score (nSPS) is 31.1. The molecule has 148 valence electrons. The van der Waals surface area contributed by atoms with Crippen molar-refractivity contribution in [2.45, 2.75) is 55.9 Å². The van der Waals surface area contributed by atoms with Crippen molar-refractivity contribution < 1.29 is 14.3 Å². The van der Waals surface area contributed by atoms with Gasteiger partial charge in [0, 0.05) is 23.1 Å². The second kappa shape index (κ2) is 7.32. The Morgan fingerprint density at radius 1 is 1.22 bits per heavy atom. The number of hydrogen-bond donors (Lipinski definition) is 2. The van der Waals surface area contributed by atoms with Crippen LogP contribution < -0.4 is 11.1 Å². The summed E-state index contributed by atoms with van der Waals surface area (Å²) in [6, 6.07) is 0. The molecule has 5 rings (SSSR count). The number of esters is 1. The first-order valence-corrected chi connectivity index (χ1v) is 11.7. The maximum absolute atomic E-state index is 12.5. The van der Waals surface area contributed by atoms with Gasteiger partial charge in [-0.25, -0.2) is 4.79 Å². The van der Waals surface area contributed by atoms with Crippen molar-refractivity contribution in [3.8, 4) is 0 Å². The molecule has 4 aliphatic rings. The number of carbonyl (C=O) groups is 2. The third-order valence-corrected chi connectivity index (χ3v) is 9.06. The van der Waals surface area contributed by atoms with Gasteiger partial charge in [0.05, 0.1) is 17.0 Å². The molecule has 1 aromatic heterocycles. The zero-order valence-corrected chi connectivity index (χ0v) is 17.6. The lowest BCUT2D eigenvalue weighted by Gasteiger charge is -2.56. The number of ether oxygens (including phenoxy) is 1. The highest BCUT2D eigenvalue weighted by Crippen LogP contribution is 2.61. The van der Waals surface area contributed by atoms with E-state index in [1.165, 1.54) is 49.9 Å². The number of amides is 1. The maximum atomic E-state index is 12.5. The van der Waals surface area contributed by atoms with E-state index in [-0.39, 0.29) is 5.91 Å². The highest BCUT2D eigenvalue weighted by Gasteiger charge is 2.51. The summed E-state index contributed by atoms with van der Waals surface area (Å²) < 4.78 is 5.54. The number of carbonyl (C=O) groups excluding carboxylic acids is 2. The monoisotopic (exact) mass is 408 g/mol. The van der Waals surface area contributed by atoms with E-state index in [9.17, 15) is 9.59 Å². The molecule has 1 aromatic rings. The van der Waals surface area contributed by atoms with Crippen molar-refractivity contribution in [3.05, 3.63) is 16.0 Å². The first-order chi connectivity index (χ1) is 12.9. The Morgan fingerprint density at radius 3 is 2.33 bits per heavy atom. The number of nitrogens with two attached hydrogens (primary N) is 1. The van der Waals surface area contributed by atoms with Crippen molar-refractivity contribution in [2.24, 2.45) is 17.8 Å². The molecule has 4 aliphatic carbocycles. The summed E-state index contributed by atoms with van der Waals surface area (Å²) in [6.07, 6.45) is 8.07. The van der Waals surface area contributed by atoms with Gasteiger partial charge in [0.1, 0.15) is 5.00 Å². The van der Waals surface area contributed by atoms with Gasteiger partial charge in [0.2, 0.25) is 0 Å². The summed E-state index contributed by atoms with van der Waals surface area (Å²) in [5.41, 5.74) is 7.29. The van der Waals surface area contributed by atoms with E-state index in [0.717, 1.165) is 23.3 Å². The zero-order valence-electron chi connectivity index (χ0n) is 16.0. The van der Waals surface area contributed by atoms with Gasteiger partial charge in [0.25, 0.3) is 5.91 Å². The highest BCUT2D eigenvalue weighted by atomic mass is 32.2. The van der Waals surface area contributed by atoms with Crippen LogP contribution in [-0.4, -0.2) is 30.3 Å². The average Bonchev–Trinajstić information content (AvgIpc) is 2.95. The summed E-state index contributed by atoms with van der Waals surface area (Å²) in [5, 5.41) is 3.06. The van der Waals surface area contributed by atoms with Crippen LogP contribution in [0.15, 0.2) is 0 Å². The molecular formula is C20H28N2O3S2. The van der Waals surface area contributed by atoms with Gasteiger partial charge in [-0.2, -0.15) is 11.8 Å². The number of hydrogen-bond acceptors (Lipinski definition) is 6. The Hall–Kier alpha value is -1.21. The Balaban J connectivity index is 1.60. The minimum absolute atomic E-state index is 0.177. The summed E-state index contributed by atoms with van der Waals surface area (Å²) in [4.78, 5) is 25.4. The van der Waals surface area contributed by atoms with E-state index in [2.05, 4.69) is 5.32 Å². The third kappa shape index (κ3) is 3.48. The van der Waals surface area contributed by atoms with Crippen molar-refractivity contribution in [3.63, 3.8) is 0 Å². The first kappa shape index (κ1) is 19.1. The quantitative estimate of drug-likeness (QED) is 0.694. The van der Waals surface area contributed by atoms with Crippen molar-refractivity contribution >= 4 is 40.0 Å². The molecule has 0 aromatic carbocycles. The number of nitrogens with one attached hydrogen (secondary N) is 1. The number of rotatable bonds is 6. The smallest absolute Gasteiger partial charge is 0.341 e. The minimum Gasteiger partial charge on any atom is -0.462 e. The van der Waals surface area contributed by atoms with Gasteiger partial charge in [-0.3, -0.25) is 4.79 Å². The van der Waals surface area contributed by atoms with Gasteiger partial charge in [0.15, 0.2) is 0 Å². The van der Waals surface area contributed by atoms with Crippen LogP contribution in [0.4, 0.5) is 5.00 Å². The molecule has 27 heavy (non-hydrogen) atoms. The Labute approximate surface area is 168 Å². The fourth-order valence-corrected chi connectivity index (χ4v) is 8.69. The van der Waals surface area contributed by atoms with Crippen LogP contribution in [0, 0.1) is 17.8 Å². The van der Waals surface area contributed by atoms with E-state index >= 15 is 0 Å². The van der Waals surface area contributed by atoms with Gasteiger partial charge in [-0.15, -0.1) is 11.3 Å². The van der Waals surface area contributed by atoms with Crippen LogP contribution in [0.1, 0.15) is 71.0 Å². The Kier molecular flexibility index (Phi) is 5.18. The summed E-state index contributed by atoms with van der Waals surface area (Å²) >= 11 is 3.15. The lowest BCUT2D eigenvalue weighted by Crippen LogP contribution is -2.48. The lowest BCUT2D eigenvalue weighted by molar-refractivity contribution is 0.0382. The van der Waals surface area contributed by atoms with E-state index < -0.39 is 5.97 Å². The predicted octanol–water partition coefficient (Wildman–Crippen LogP) is 4.07. The fraction of sp³-hybridized carbons (Fsp3) is 0.700. The number of thiophene rings is 1. The summed E-state index contributed by atoms with van der Waals surface area (Å²) in [5.74, 6) is 2.68. The van der Waals surface area contributed by atoms with Crippen molar-refractivity contribution in [1.82, 2.24) is 5.32 Å². The second-order valence-electron chi connectivity index (χ2n) is 8.34. The second-order valence-corrected chi connectivity index (χ2v) is 10.8. The van der Waals surface area contributed by atoms with Crippen LogP contribution in [-0.2, 0) is 10.5 Å². The molecule has 4 fully saturated rings. The molecule has 0 spiro atoms. The molecule has 0 unspecified atom stereocenters. The third-order valence-electron chi connectivity index (χ3n) is 6.45. The maximum Gasteiger partial charge on any atom is 0.341 e. The molecule has 1 amide bonds. The minimum atomic E-state index is -0.414. The molecule has 0 atom stereocenters. The SMILES string of the molecule is CCOC(=O)c1c(N)sc(C(=O)NC)c1CSC12CC3CC(CC(C3)C1)C2. The van der Waals surface area contributed by atoms with Crippen LogP contribution in [0.2, 0.25) is 0 Å². The number of thioether (sulfide) groups is 1. The van der Waals surface area contributed by atoms with E-state index in [4.69, 9.17) is 10.5 Å². The van der Waals surface area contributed by atoms with E-state index in [1.54, 1.807) is 14.0 Å². The molecule has 7 heteroatoms. The van der Waals surface area contributed by atoms with E-state index in [0.29, 0.717) is 32.5 Å². The molecular weight excluding hydrogens is 380 g/mol. The van der Waals surface area contributed by atoms with Gasteiger partial charge in [-0.05, 0) is 63.2 Å². The molecule has 3 N–H and O–H groups in total. The van der Waals surface area contributed by atoms with Gasteiger partial charge < -0.3 is 15.8 Å². The lowest BCUT2D eigenvalue weighted by atomic mass is 9.56. The van der Waals surface area contributed by atoms with Crippen LogP contribution >= 0.6 is 23.1 Å². The molecule has 4 saturated carbocycles. The fourth-order valence-electron chi connectivity index (χ4n) is 5.78. The first-order valence-electron chi connectivity index (χ1n) is 9.89. The topological polar surface area (TPSA) is 81.4 Å². The van der Waals surface area contributed by atoms with Crippen LogP contribution in [0.25, 0.3) is 0 Å². The van der Waals surface area contributed by atoms with Crippen molar-refractivity contribution in [1.29, 1.82) is 0 Å². The summed E-state index contributed by atoms with van der Waals surface area (Å²) in [6.45, 7) is 2.08. The zero-order chi connectivity index (χ0) is 19.2. The molecule has 5 nitrogen and oxygen atoms in total. The Bertz CT molecular complexity index is 723. The standard InChI is InChI=1S/C20H28N2O3S2/c1-3-25-19(24)15-14(16(18(23)22-2)27-17(15)21)10-26-20-7-11-4-12(8-20)6-13(5-11)9-20/h11-13H,3-10,21H2,1-2H3,(H,22,23). The Morgan fingerprint density at radius 2 is 1.81 bits per heavy atom. The predicted molar refractivity (Wildman–Crippen MR) is 110 cm³/mol. The van der Waals surface area contributed by atoms with Gasteiger partial charge >= 0.3 is 5.97 Å². The molecule has 0 aliphatic heterocycles. The van der Waals surface area contributed by atoms with Crippen LogP contribution in [0.5, 0.6) is 0 Å². The molecule has 0 radical (unpaired) electrons. The van der Waals surface area contributed by atoms with Crippen LogP contribution in [0.3, 0.4) is 0 Å². The molecule has 1 heterocycles. The molecule has 0 saturated heterocycles. The molecule has 4 bridgehead atoms. The van der Waals surface area contributed by atoms with Gasteiger partial charge in [-0.1, -0.05) is 0 Å². The van der Waals surface area contributed by atoms with Crippen molar-refractivity contribution in [2.75, 3.05) is 19.4 Å². The number of nitrogen functional groups attached to an aromatic ring is 1. The largest absolute Gasteiger partial charge is 0.462 e.